The van der Waals surface area contributed by atoms with Gasteiger partial charge in [-0.2, -0.15) is 0 Å². The minimum Gasteiger partial charge on any atom is -0.497 e. The van der Waals surface area contributed by atoms with Gasteiger partial charge in [0.25, 0.3) is 0 Å². The van der Waals surface area contributed by atoms with Crippen LogP contribution in [-0.4, -0.2) is 12.7 Å². The molecule has 0 saturated carbocycles. The summed E-state index contributed by atoms with van der Waals surface area (Å²) >= 11 is 0. The normalized spacial score (nSPS) is 13.7. The van der Waals surface area contributed by atoms with Crippen molar-refractivity contribution in [3.05, 3.63) is 120 Å². The Bertz CT molecular complexity index is 1930. The van der Waals surface area contributed by atoms with Crippen molar-refractivity contribution in [2.45, 2.75) is 45.6 Å². The van der Waals surface area contributed by atoms with E-state index in [9.17, 15) is 0 Å². The van der Waals surface area contributed by atoms with E-state index in [0.29, 0.717) is 0 Å². The lowest BCUT2D eigenvalue weighted by Gasteiger charge is -2.23. The minimum atomic E-state index is -0.236. The molecular weight excluding hydrogens is 512 g/mol. The van der Waals surface area contributed by atoms with Gasteiger partial charge in [-0.15, -0.1) is 0 Å². The van der Waals surface area contributed by atoms with Gasteiger partial charge in [0.05, 0.1) is 7.11 Å². The molecule has 0 aromatic heterocycles. The molecule has 0 bridgehead atoms. The van der Waals surface area contributed by atoms with Crippen LogP contribution in [0.2, 0.25) is 0 Å². The molecule has 2 nitrogen and oxygen atoms in total. The van der Waals surface area contributed by atoms with Crippen LogP contribution in [0.15, 0.2) is 109 Å². The third kappa shape index (κ3) is 4.17. The van der Waals surface area contributed by atoms with E-state index in [1.54, 1.807) is 7.11 Å². The van der Waals surface area contributed by atoms with E-state index < -0.39 is 0 Å². The molecule has 42 heavy (non-hydrogen) atoms. The SMILES string of the molecule is COc1ccc2c(c1)C(C)(C)c1cc(-c3c4ccccc4c(-c4ccc(OC(C)(C)C)cc4)c4ccccc34)ccc1-2. The molecule has 7 rings (SSSR count). The zero-order chi connectivity index (χ0) is 29.2. The van der Waals surface area contributed by atoms with Gasteiger partial charge in [-0.3, -0.25) is 0 Å². The summed E-state index contributed by atoms with van der Waals surface area (Å²) in [6.07, 6.45) is 0. The Morgan fingerprint density at radius 2 is 0.976 bits per heavy atom. The van der Waals surface area contributed by atoms with Gasteiger partial charge in [-0.25, -0.2) is 0 Å². The fraction of sp³-hybridized carbons (Fsp3) is 0.200. The lowest BCUT2D eigenvalue weighted by molar-refractivity contribution is 0.131. The molecule has 0 amide bonds. The molecule has 2 heteroatoms. The first-order valence-electron chi connectivity index (χ1n) is 14.7. The van der Waals surface area contributed by atoms with E-state index >= 15 is 0 Å². The first kappa shape index (κ1) is 26.3. The Balaban J connectivity index is 1.45. The van der Waals surface area contributed by atoms with Gasteiger partial charge in [0.2, 0.25) is 0 Å². The predicted molar refractivity (Wildman–Crippen MR) is 177 cm³/mol. The van der Waals surface area contributed by atoms with Gasteiger partial charge in [0, 0.05) is 5.41 Å². The Morgan fingerprint density at radius 3 is 1.50 bits per heavy atom. The lowest BCUT2D eigenvalue weighted by atomic mass is 9.80. The smallest absolute Gasteiger partial charge is 0.120 e. The molecule has 0 saturated heterocycles. The van der Waals surface area contributed by atoms with Crippen LogP contribution in [0.1, 0.15) is 45.7 Å². The summed E-state index contributed by atoms with van der Waals surface area (Å²) in [5.41, 5.74) is 9.89. The summed E-state index contributed by atoms with van der Waals surface area (Å²) in [6.45, 7) is 10.9. The highest BCUT2D eigenvalue weighted by Gasteiger charge is 2.36. The second-order valence-corrected chi connectivity index (χ2v) is 12.9. The molecule has 0 N–H and O–H groups in total. The summed E-state index contributed by atoms with van der Waals surface area (Å²) in [5.74, 6) is 1.79. The number of ether oxygens (including phenoxy) is 2. The fourth-order valence-electron chi connectivity index (χ4n) is 6.79. The molecule has 1 aliphatic rings. The molecule has 0 fully saturated rings. The minimum absolute atomic E-state index is 0.127. The van der Waals surface area contributed by atoms with E-state index in [0.717, 1.165) is 11.5 Å². The van der Waals surface area contributed by atoms with Crippen molar-refractivity contribution in [1.82, 2.24) is 0 Å². The highest BCUT2D eigenvalue weighted by Crippen LogP contribution is 2.52. The van der Waals surface area contributed by atoms with Crippen molar-refractivity contribution in [3.8, 4) is 44.9 Å². The molecule has 0 radical (unpaired) electrons. The Morgan fingerprint density at radius 1 is 0.524 bits per heavy atom. The number of hydrogen-bond acceptors (Lipinski definition) is 2. The fourth-order valence-corrected chi connectivity index (χ4v) is 6.79. The quantitative estimate of drug-likeness (QED) is 0.204. The van der Waals surface area contributed by atoms with Crippen LogP contribution in [0.5, 0.6) is 11.5 Å². The van der Waals surface area contributed by atoms with Crippen molar-refractivity contribution in [2.24, 2.45) is 0 Å². The van der Waals surface area contributed by atoms with E-state index in [1.165, 1.54) is 66.1 Å². The molecule has 1 aliphatic carbocycles. The van der Waals surface area contributed by atoms with Gasteiger partial charge in [0.1, 0.15) is 17.1 Å². The van der Waals surface area contributed by atoms with Crippen molar-refractivity contribution >= 4 is 21.5 Å². The summed E-state index contributed by atoms with van der Waals surface area (Å²) in [4.78, 5) is 0. The maximum Gasteiger partial charge on any atom is 0.120 e. The highest BCUT2D eigenvalue weighted by atomic mass is 16.5. The number of methoxy groups -OCH3 is 1. The third-order valence-corrected chi connectivity index (χ3v) is 8.67. The van der Waals surface area contributed by atoms with Crippen LogP contribution in [-0.2, 0) is 5.41 Å². The summed E-state index contributed by atoms with van der Waals surface area (Å²) < 4.78 is 11.7. The molecule has 0 spiro atoms. The van der Waals surface area contributed by atoms with Crippen LogP contribution in [0.4, 0.5) is 0 Å². The van der Waals surface area contributed by atoms with Crippen LogP contribution < -0.4 is 9.47 Å². The van der Waals surface area contributed by atoms with E-state index in [-0.39, 0.29) is 11.0 Å². The lowest BCUT2D eigenvalue weighted by Crippen LogP contribution is -2.22. The zero-order valence-corrected chi connectivity index (χ0v) is 25.2. The highest BCUT2D eigenvalue weighted by molar-refractivity contribution is 6.21. The van der Waals surface area contributed by atoms with E-state index in [2.05, 4.69) is 144 Å². The monoisotopic (exact) mass is 548 g/mol. The zero-order valence-electron chi connectivity index (χ0n) is 25.2. The number of benzene rings is 6. The molecular formula is C40H36O2. The molecule has 0 atom stereocenters. The van der Waals surface area contributed by atoms with Crippen LogP contribution in [0.3, 0.4) is 0 Å². The van der Waals surface area contributed by atoms with Crippen LogP contribution >= 0.6 is 0 Å². The van der Waals surface area contributed by atoms with Crippen molar-refractivity contribution in [3.63, 3.8) is 0 Å². The molecule has 6 aromatic rings. The maximum absolute atomic E-state index is 6.13. The molecule has 6 aromatic carbocycles. The van der Waals surface area contributed by atoms with Gasteiger partial charge in [0.15, 0.2) is 0 Å². The van der Waals surface area contributed by atoms with Crippen molar-refractivity contribution in [1.29, 1.82) is 0 Å². The first-order chi connectivity index (χ1) is 20.2. The summed E-state index contributed by atoms with van der Waals surface area (Å²) in [7, 11) is 1.74. The molecule has 0 aliphatic heterocycles. The number of fused-ring (bicyclic) bond motifs is 5. The molecule has 0 heterocycles. The number of hydrogen-bond donors (Lipinski definition) is 0. The predicted octanol–water partition coefficient (Wildman–Crippen LogP) is 10.8. The topological polar surface area (TPSA) is 18.5 Å². The van der Waals surface area contributed by atoms with Gasteiger partial charge >= 0.3 is 0 Å². The molecule has 0 unspecified atom stereocenters. The second-order valence-electron chi connectivity index (χ2n) is 12.9. The standard InChI is InChI=1S/C40H36O2/c1-39(2,3)42-27-18-15-25(16-19-27)37-31-11-7-9-13-33(31)38(34-14-10-8-12-32(34)37)26-17-21-29-30-22-20-28(41-6)24-36(30)40(4,5)35(29)23-26/h7-24H,1-6H3. The van der Waals surface area contributed by atoms with Crippen molar-refractivity contribution < 1.29 is 9.47 Å². The van der Waals surface area contributed by atoms with Crippen molar-refractivity contribution in [2.75, 3.05) is 7.11 Å². The number of rotatable bonds is 4. The third-order valence-electron chi connectivity index (χ3n) is 8.67. The second kappa shape index (κ2) is 9.49. The first-order valence-corrected chi connectivity index (χ1v) is 14.7. The average molecular weight is 549 g/mol. The van der Waals surface area contributed by atoms with E-state index in [4.69, 9.17) is 9.47 Å². The van der Waals surface area contributed by atoms with Crippen LogP contribution in [0, 0.1) is 0 Å². The average Bonchev–Trinajstić information content (AvgIpc) is 3.21. The Kier molecular flexibility index (Phi) is 5.95. The molecule has 208 valence electrons. The summed E-state index contributed by atoms with van der Waals surface area (Å²) in [5, 5.41) is 5.03. The van der Waals surface area contributed by atoms with Gasteiger partial charge in [-0.1, -0.05) is 92.7 Å². The Hall–Kier alpha value is -4.56. The summed E-state index contributed by atoms with van der Waals surface area (Å²) in [6, 6.07) is 39.8. The van der Waals surface area contributed by atoms with Gasteiger partial charge < -0.3 is 9.47 Å². The maximum atomic E-state index is 6.13. The Labute approximate surface area is 248 Å². The van der Waals surface area contributed by atoms with Gasteiger partial charge in [-0.05, 0) is 117 Å². The van der Waals surface area contributed by atoms with Crippen LogP contribution in [0.25, 0.3) is 54.9 Å². The largest absolute Gasteiger partial charge is 0.497 e. The van der Waals surface area contributed by atoms with E-state index in [1.807, 2.05) is 0 Å².